The van der Waals surface area contributed by atoms with Gasteiger partial charge in [-0.25, -0.2) is 8.42 Å². The number of pyridine rings is 1. The van der Waals surface area contributed by atoms with Gasteiger partial charge in [0.05, 0.1) is 24.0 Å². The molecule has 0 amide bonds. The lowest BCUT2D eigenvalue weighted by molar-refractivity contribution is 0.563. The first-order chi connectivity index (χ1) is 17.7. The van der Waals surface area contributed by atoms with Crippen LogP contribution in [-0.4, -0.2) is 29.3 Å². The van der Waals surface area contributed by atoms with Gasteiger partial charge in [-0.2, -0.15) is 0 Å². The van der Waals surface area contributed by atoms with Gasteiger partial charge in [-0.15, -0.1) is 0 Å². The average Bonchev–Trinajstić information content (AvgIpc) is 3.36. The van der Waals surface area contributed by atoms with Crippen LogP contribution in [-0.2, 0) is 16.6 Å². The second-order valence-corrected chi connectivity index (χ2v) is 11.5. The molecule has 2 aromatic heterocycles. The first kappa shape index (κ1) is 25.0. The molecule has 7 nitrogen and oxygen atoms in total. The number of anilines is 2. The van der Waals surface area contributed by atoms with Gasteiger partial charge in [-0.3, -0.25) is 9.71 Å². The summed E-state index contributed by atoms with van der Waals surface area (Å²) in [5.74, 6) is 0. The number of thiocarbonyl (C=S) groups is 1. The molecule has 3 heterocycles. The highest BCUT2D eigenvalue weighted by molar-refractivity contribution is 7.92. The van der Waals surface area contributed by atoms with Crippen molar-refractivity contribution in [1.29, 1.82) is 0 Å². The molecule has 1 aliphatic rings. The van der Waals surface area contributed by atoms with E-state index in [4.69, 9.17) is 12.2 Å². The Balaban J connectivity index is 1.58. The Morgan fingerprint density at radius 2 is 1.70 bits per heavy atom. The van der Waals surface area contributed by atoms with Gasteiger partial charge in [-0.1, -0.05) is 36.4 Å². The molecule has 0 aliphatic carbocycles. The standard InChI is InChI=1S/C28H29N5O2S2/c1-19-17-24(20(2)32(19)18-21-9-5-4-6-10-21)27-26(25-11-7-8-16-29-25)30-28(36)33(27)23-14-12-22(13-15-23)31-37(3,34)35/h4-17,26-27,31H,18H2,1-3H3,(H,30,36)/t26-,27-/m0/s1. The summed E-state index contributed by atoms with van der Waals surface area (Å²) in [4.78, 5) is 6.75. The molecule has 2 N–H and O–H groups in total. The Bertz CT molecular complexity index is 1520. The highest BCUT2D eigenvalue weighted by Gasteiger charge is 2.42. The molecule has 0 bridgehead atoms. The zero-order valence-corrected chi connectivity index (χ0v) is 22.6. The fourth-order valence-corrected chi connectivity index (χ4v) is 5.90. The number of aryl methyl sites for hydroxylation is 1. The molecule has 9 heteroatoms. The number of benzene rings is 2. The van der Waals surface area contributed by atoms with Crippen molar-refractivity contribution in [2.24, 2.45) is 0 Å². The highest BCUT2D eigenvalue weighted by Crippen LogP contribution is 2.43. The summed E-state index contributed by atoms with van der Waals surface area (Å²) in [7, 11) is -3.36. The van der Waals surface area contributed by atoms with E-state index in [9.17, 15) is 8.42 Å². The van der Waals surface area contributed by atoms with Crippen LogP contribution in [0.3, 0.4) is 0 Å². The van der Waals surface area contributed by atoms with Gasteiger partial charge < -0.3 is 14.8 Å². The zero-order chi connectivity index (χ0) is 26.2. The summed E-state index contributed by atoms with van der Waals surface area (Å²) < 4.78 is 28.2. The van der Waals surface area contributed by atoms with E-state index in [0.29, 0.717) is 10.8 Å². The van der Waals surface area contributed by atoms with Crippen LogP contribution >= 0.6 is 12.2 Å². The van der Waals surface area contributed by atoms with Crippen LogP contribution in [0.25, 0.3) is 0 Å². The lowest BCUT2D eigenvalue weighted by atomic mass is 9.96. The molecule has 1 fully saturated rings. The summed E-state index contributed by atoms with van der Waals surface area (Å²) in [5, 5.41) is 4.09. The SMILES string of the molecule is Cc1cc([C@H]2[C@H](c3ccccn3)NC(=S)N2c2ccc(NS(C)(=O)=O)cc2)c(C)n1Cc1ccccc1. The predicted octanol–water partition coefficient (Wildman–Crippen LogP) is 5.10. The van der Waals surface area contributed by atoms with Crippen LogP contribution in [0.2, 0.25) is 0 Å². The monoisotopic (exact) mass is 531 g/mol. The van der Waals surface area contributed by atoms with Crippen molar-refractivity contribution in [3.05, 3.63) is 113 Å². The normalized spacial score (nSPS) is 17.6. The van der Waals surface area contributed by atoms with Crippen LogP contribution < -0.4 is 14.9 Å². The molecule has 0 saturated carbocycles. The number of rotatable bonds is 7. The number of hydrogen-bond acceptors (Lipinski definition) is 4. The highest BCUT2D eigenvalue weighted by atomic mass is 32.2. The molecule has 2 aromatic carbocycles. The Morgan fingerprint density at radius 3 is 2.35 bits per heavy atom. The summed E-state index contributed by atoms with van der Waals surface area (Å²) in [6.07, 6.45) is 2.93. The van der Waals surface area contributed by atoms with Crippen molar-refractivity contribution < 1.29 is 8.42 Å². The Labute approximate surface area is 223 Å². The molecule has 5 rings (SSSR count). The fourth-order valence-electron chi connectivity index (χ4n) is 4.99. The van der Waals surface area contributed by atoms with Gasteiger partial charge in [0.25, 0.3) is 0 Å². The molecular weight excluding hydrogens is 502 g/mol. The van der Waals surface area contributed by atoms with Crippen molar-refractivity contribution >= 4 is 38.7 Å². The molecule has 2 atom stereocenters. The number of nitrogens with one attached hydrogen (secondary N) is 2. The molecule has 1 aliphatic heterocycles. The van der Waals surface area contributed by atoms with E-state index in [1.165, 1.54) is 17.0 Å². The van der Waals surface area contributed by atoms with Crippen LogP contribution in [0.15, 0.2) is 85.1 Å². The minimum Gasteiger partial charge on any atom is -0.351 e. The lowest BCUT2D eigenvalue weighted by Gasteiger charge is -2.28. The number of aromatic nitrogens is 2. The van der Waals surface area contributed by atoms with Gasteiger partial charge in [0, 0.05) is 35.5 Å². The van der Waals surface area contributed by atoms with Crippen molar-refractivity contribution in [1.82, 2.24) is 14.9 Å². The van der Waals surface area contributed by atoms with Crippen LogP contribution in [0.1, 0.15) is 40.3 Å². The lowest BCUT2D eigenvalue weighted by Crippen LogP contribution is -2.29. The molecular formula is C28H29N5O2S2. The maximum Gasteiger partial charge on any atom is 0.229 e. The fraction of sp³-hybridized carbons (Fsp3) is 0.214. The molecule has 0 unspecified atom stereocenters. The number of sulfonamides is 1. The Hall–Kier alpha value is -3.69. The van der Waals surface area contributed by atoms with Crippen LogP contribution in [0.4, 0.5) is 11.4 Å². The summed E-state index contributed by atoms with van der Waals surface area (Å²) in [6, 6.07) is 25.5. The maximum atomic E-state index is 11.7. The van der Waals surface area contributed by atoms with E-state index < -0.39 is 10.0 Å². The number of hydrogen-bond donors (Lipinski definition) is 2. The third-order valence-corrected chi connectivity index (χ3v) is 7.58. The minimum atomic E-state index is -3.36. The van der Waals surface area contributed by atoms with E-state index in [-0.39, 0.29) is 12.1 Å². The quantitative estimate of drug-likeness (QED) is 0.323. The van der Waals surface area contributed by atoms with Gasteiger partial charge in [0.15, 0.2) is 5.11 Å². The summed E-state index contributed by atoms with van der Waals surface area (Å²) in [5.41, 5.74) is 7.01. The third kappa shape index (κ3) is 5.23. The van der Waals surface area contributed by atoms with E-state index in [0.717, 1.165) is 29.7 Å². The van der Waals surface area contributed by atoms with Crippen molar-refractivity contribution in [2.75, 3.05) is 15.9 Å². The number of nitrogens with zero attached hydrogens (tertiary/aromatic N) is 3. The van der Waals surface area contributed by atoms with E-state index in [2.05, 4.69) is 68.7 Å². The molecule has 0 radical (unpaired) electrons. The van der Waals surface area contributed by atoms with Crippen molar-refractivity contribution in [3.63, 3.8) is 0 Å². The minimum absolute atomic E-state index is 0.146. The van der Waals surface area contributed by atoms with Gasteiger partial charge in [-0.05, 0) is 79.7 Å². The molecule has 190 valence electrons. The summed E-state index contributed by atoms with van der Waals surface area (Å²) >= 11 is 5.85. The Kier molecular flexibility index (Phi) is 6.74. The van der Waals surface area contributed by atoms with Crippen molar-refractivity contribution in [3.8, 4) is 0 Å². The first-order valence-corrected chi connectivity index (χ1v) is 14.3. The van der Waals surface area contributed by atoms with E-state index in [1.54, 1.807) is 18.3 Å². The molecule has 1 saturated heterocycles. The largest absolute Gasteiger partial charge is 0.351 e. The first-order valence-electron chi connectivity index (χ1n) is 12.0. The predicted molar refractivity (Wildman–Crippen MR) is 152 cm³/mol. The van der Waals surface area contributed by atoms with Gasteiger partial charge >= 0.3 is 0 Å². The van der Waals surface area contributed by atoms with Gasteiger partial charge in [0.2, 0.25) is 10.0 Å². The van der Waals surface area contributed by atoms with Crippen molar-refractivity contribution in [2.45, 2.75) is 32.5 Å². The molecule has 0 spiro atoms. The Morgan fingerprint density at radius 1 is 1.00 bits per heavy atom. The smallest absolute Gasteiger partial charge is 0.229 e. The topological polar surface area (TPSA) is 79.3 Å². The maximum absolute atomic E-state index is 11.7. The van der Waals surface area contributed by atoms with E-state index in [1.807, 2.05) is 36.4 Å². The zero-order valence-electron chi connectivity index (χ0n) is 20.9. The second kappa shape index (κ2) is 9.99. The van der Waals surface area contributed by atoms with Crippen LogP contribution in [0, 0.1) is 13.8 Å². The average molecular weight is 532 g/mol. The second-order valence-electron chi connectivity index (χ2n) is 9.32. The third-order valence-electron chi connectivity index (χ3n) is 6.66. The molecule has 4 aromatic rings. The van der Waals surface area contributed by atoms with Crippen LogP contribution in [0.5, 0.6) is 0 Å². The van der Waals surface area contributed by atoms with Gasteiger partial charge in [0.1, 0.15) is 0 Å². The summed E-state index contributed by atoms with van der Waals surface area (Å²) in [6.45, 7) is 5.06. The molecule has 37 heavy (non-hydrogen) atoms. The van der Waals surface area contributed by atoms with E-state index >= 15 is 0 Å².